The third kappa shape index (κ3) is 3.32. The van der Waals surface area contributed by atoms with Crippen molar-refractivity contribution in [2.45, 2.75) is 13.8 Å². The van der Waals surface area contributed by atoms with E-state index in [0.29, 0.717) is 45.1 Å². The maximum absolute atomic E-state index is 12.9. The van der Waals surface area contributed by atoms with Gasteiger partial charge in [-0.25, -0.2) is 9.97 Å². The highest BCUT2D eigenvalue weighted by Crippen LogP contribution is 2.21. The molecule has 4 N–H and O–H groups in total. The number of hydrogen-bond acceptors (Lipinski definition) is 5. The zero-order chi connectivity index (χ0) is 19.8. The summed E-state index contributed by atoms with van der Waals surface area (Å²) in [5.74, 6) is 0.0202. The number of imidazole rings is 2. The molecule has 0 fully saturated rings. The van der Waals surface area contributed by atoms with Gasteiger partial charge < -0.3 is 9.97 Å². The maximum Gasteiger partial charge on any atom is 0.223 e. The summed E-state index contributed by atoms with van der Waals surface area (Å²) >= 11 is 0. The molecule has 0 atom stereocenters. The maximum atomic E-state index is 12.9. The van der Waals surface area contributed by atoms with Gasteiger partial charge in [0.15, 0.2) is 5.78 Å². The Morgan fingerprint density at radius 2 is 1.18 bits per heavy atom. The van der Waals surface area contributed by atoms with Crippen molar-refractivity contribution in [1.29, 1.82) is 0 Å². The quantitative estimate of drug-likeness (QED) is 0.406. The first-order chi connectivity index (χ1) is 13.4. The zero-order valence-electron chi connectivity index (χ0n) is 15.1. The van der Waals surface area contributed by atoms with Crippen LogP contribution in [0.2, 0.25) is 0 Å². The molecule has 9 nitrogen and oxygen atoms in total. The number of nitrogens with one attached hydrogen (secondary N) is 4. The predicted octanol–water partition coefficient (Wildman–Crippen LogP) is 2.59. The van der Waals surface area contributed by atoms with Gasteiger partial charge in [0, 0.05) is 25.0 Å². The Morgan fingerprint density at radius 1 is 0.750 bits per heavy atom. The number of carbonyl (C=O) groups is 3. The van der Waals surface area contributed by atoms with Crippen LogP contribution in [-0.2, 0) is 9.59 Å². The van der Waals surface area contributed by atoms with Crippen LogP contribution in [0, 0.1) is 0 Å². The Hall–Kier alpha value is -4.01. The molecule has 4 rings (SSSR count). The van der Waals surface area contributed by atoms with Crippen molar-refractivity contribution < 1.29 is 14.4 Å². The number of rotatable bonds is 4. The summed E-state index contributed by atoms with van der Waals surface area (Å²) in [5, 5.41) is 5.16. The van der Waals surface area contributed by atoms with Gasteiger partial charge in [-0.05, 0) is 36.4 Å². The van der Waals surface area contributed by atoms with E-state index in [9.17, 15) is 14.4 Å². The number of nitrogens with zero attached hydrogens (tertiary/aromatic N) is 2. The number of anilines is 2. The summed E-state index contributed by atoms with van der Waals surface area (Å²) in [7, 11) is 0. The zero-order valence-corrected chi connectivity index (χ0v) is 15.1. The number of ketones is 1. The van der Waals surface area contributed by atoms with Crippen LogP contribution in [0.4, 0.5) is 11.9 Å². The van der Waals surface area contributed by atoms with Crippen LogP contribution in [0.25, 0.3) is 22.1 Å². The topological polar surface area (TPSA) is 133 Å². The van der Waals surface area contributed by atoms with E-state index < -0.39 is 0 Å². The van der Waals surface area contributed by atoms with Gasteiger partial charge in [0.25, 0.3) is 0 Å². The van der Waals surface area contributed by atoms with Crippen LogP contribution in [0.1, 0.15) is 29.8 Å². The molecule has 0 bridgehead atoms. The number of benzene rings is 2. The summed E-state index contributed by atoms with van der Waals surface area (Å²) in [6.45, 7) is 2.79. The number of aromatic nitrogens is 4. The smallest absolute Gasteiger partial charge is 0.223 e. The van der Waals surface area contributed by atoms with Gasteiger partial charge in [-0.2, -0.15) is 0 Å². The van der Waals surface area contributed by atoms with Crippen LogP contribution >= 0.6 is 0 Å². The van der Waals surface area contributed by atoms with Crippen LogP contribution in [0.15, 0.2) is 36.4 Å². The molecule has 0 aliphatic rings. The minimum Gasteiger partial charge on any atom is -0.324 e. The van der Waals surface area contributed by atoms with Gasteiger partial charge >= 0.3 is 0 Å². The Balaban J connectivity index is 1.66. The molecule has 9 heteroatoms. The highest BCUT2D eigenvalue weighted by Gasteiger charge is 2.14. The molecule has 0 saturated carbocycles. The van der Waals surface area contributed by atoms with Gasteiger partial charge in [0.2, 0.25) is 23.7 Å². The molecular weight excluding hydrogens is 360 g/mol. The van der Waals surface area contributed by atoms with E-state index in [0.717, 1.165) is 0 Å². The second-order valence-electron chi connectivity index (χ2n) is 6.33. The number of carbonyl (C=O) groups excluding carboxylic acids is 3. The first kappa shape index (κ1) is 17.4. The van der Waals surface area contributed by atoms with Crippen molar-refractivity contribution in [1.82, 2.24) is 19.9 Å². The summed E-state index contributed by atoms with van der Waals surface area (Å²) in [5.41, 5.74) is 3.53. The minimum absolute atomic E-state index is 0.171. The Kier molecular flexibility index (Phi) is 4.11. The molecule has 0 unspecified atom stereocenters. The van der Waals surface area contributed by atoms with Crippen LogP contribution in [-0.4, -0.2) is 37.5 Å². The van der Waals surface area contributed by atoms with Gasteiger partial charge in [0.1, 0.15) is 0 Å². The van der Waals surface area contributed by atoms with Crippen molar-refractivity contribution in [2.24, 2.45) is 0 Å². The van der Waals surface area contributed by atoms with Crippen LogP contribution < -0.4 is 10.6 Å². The number of aromatic amines is 2. The van der Waals surface area contributed by atoms with Gasteiger partial charge in [-0.1, -0.05) is 0 Å². The minimum atomic E-state index is -0.234. The van der Waals surface area contributed by atoms with Crippen molar-refractivity contribution in [3.63, 3.8) is 0 Å². The average Bonchev–Trinajstić information content (AvgIpc) is 3.20. The molecule has 0 aliphatic heterocycles. The standard InChI is InChI=1S/C19H16N6O3/c1-9(26)20-18-22-13-5-3-11(7-15(13)24-18)17(28)12-4-6-14-16(8-12)25-19(23-14)21-10(2)27/h3-8H,1-2H3,(H2,20,22,24,26)(H2,21,23,25,27). The fourth-order valence-corrected chi connectivity index (χ4v) is 2.92. The molecule has 28 heavy (non-hydrogen) atoms. The fraction of sp³-hybridized carbons (Fsp3) is 0.105. The monoisotopic (exact) mass is 376 g/mol. The summed E-state index contributed by atoms with van der Waals surface area (Å²) in [4.78, 5) is 49.7. The molecule has 0 saturated heterocycles. The lowest BCUT2D eigenvalue weighted by Crippen LogP contribution is -2.06. The van der Waals surface area contributed by atoms with E-state index in [1.165, 1.54) is 13.8 Å². The van der Waals surface area contributed by atoms with Gasteiger partial charge in [-0.15, -0.1) is 0 Å². The van der Waals surface area contributed by atoms with E-state index in [2.05, 4.69) is 30.6 Å². The second-order valence-corrected chi connectivity index (χ2v) is 6.33. The van der Waals surface area contributed by atoms with E-state index in [4.69, 9.17) is 0 Å². The summed E-state index contributed by atoms with van der Waals surface area (Å²) in [6, 6.07) is 10.2. The fourth-order valence-electron chi connectivity index (χ4n) is 2.92. The molecular formula is C19H16N6O3. The first-order valence-corrected chi connectivity index (χ1v) is 8.48. The molecule has 2 heterocycles. The third-order valence-corrected chi connectivity index (χ3v) is 4.08. The van der Waals surface area contributed by atoms with Crippen molar-refractivity contribution in [3.8, 4) is 0 Å². The van der Waals surface area contributed by atoms with E-state index >= 15 is 0 Å². The number of hydrogen-bond donors (Lipinski definition) is 4. The normalized spacial score (nSPS) is 10.9. The Labute approximate surface area is 158 Å². The third-order valence-electron chi connectivity index (χ3n) is 4.08. The largest absolute Gasteiger partial charge is 0.324 e. The molecule has 0 radical (unpaired) electrons. The Morgan fingerprint density at radius 3 is 1.57 bits per heavy atom. The summed E-state index contributed by atoms with van der Waals surface area (Å²) in [6.07, 6.45) is 0. The van der Waals surface area contributed by atoms with Crippen molar-refractivity contribution in [3.05, 3.63) is 47.5 Å². The van der Waals surface area contributed by atoms with E-state index in [1.54, 1.807) is 36.4 Å². The van der Waals surface area contributed by atoms with E-state index in [-0.39, 0.29) is 17.6 Å². The highest BCUT2D eigenvalue weighted by molar-refractivity contribution is 6.11. The number of H-pyrrole nitrogens is 2. The molecule has 0 spiro atoms. The molecule has 2 aromatic carbocycles. The van der Waals surface area contributed by atoms with Gasteiger partial charge in [0.05, 0.1) is 22.1 Å². The van der Waals surface area contributed by atoms with E-state index in [1.807, 2.05) is 0 Å². The number of fused-ring (bicyclic) bond motifs is 2. The highest BCUT2D eigenvalue weighted by atomic mass is 16.2. The lowest BCUT2D eigenvalue weighted by molar-refractivity contribution is -0.115. The second kappa shape index (κ2) is 6.62. The Bertz CT molecular complexity index is 1160. The molecule has 140 valence electrons. The predicted molar refractivity (Wildman–Crippen MR) is 104 cm³/mol. The van der Waals surface area contributed by atoms with Crippen LogP contribution in [0.5, 0.6) is 0 Å². The van der Waals surface area contributed by atoms with Crippen molar-refractivity contribution >= 4 is 51.6 Å². The average molecular weight is 376 g/mol. The molecule has 0 aliphatic carbocycles. The first-order valence-electron chi connectivity index (χ1n) is 8.48. The van der Waals surface area contributed by atoms with Gasteiger partial charge in [-0.3, -0.25) is 25.0 Å². The molecule has 4 aromatic rings. The lowest BCUT2D eigenvalue weighted by atomic mass is 10.0. The molecule has 2 amide bonds. The van der Waals surface area contributed by atoms with Crippen molar-refractivity contribution in [2.75, 3.05) is 10.6 Å². The lowest BCUT2D eigenvalue weighted by Gasteiger charge is -2.01. The SMILES string of the molecule is CC(=O)Nc1nc2ccc(C(=O)c3ccc4nc(NC(C)=O)[nH]c4c3)cc2[nH]1. The number of amides is 2. The molecule has 2 aromatic heterocycles. The van der Waals surface area contributed by atoms with Crippen LogP contribution in [0.3, 0.4) is 0 Å². The summed E-state index contributed by atoms with van der Waals surface area (Å²) < 4.78 is 0.